The molecule has 0 aromatic carbocycles. The maximum Gasteiger partial charge on any atom is 0.261 e. The number of aromatic nitrogens is 4. The fraction of sp³-hybridized carbons (Fsp3) is 0.238. The minimum absolute atomic E-state index is 0.180. The predicted octanol–water partition coefficient (Wildman–Crippen LogP) is 2.85. The van der Waals surface area contributed by atoms with Crippen molar-refractivity contribution in [3.05, 3.63) is 59.2 Å². The van der Waals surface area contributed by atoms with E-state index in [1.807, 2.05) is 6.07 Å². The Morgan fingerprint density at radius 2 is 2.10 bits per heavy atom. The number of carbonyl (C=O) groups is 1. The van der Waals surface area contributed by atoms with Crippen LogP contribution in [0.15, 0.2) is 36.8 Å². The van der Waals surface area contributed by atoms with E-state index in [-0.39, 0.29) is 17.5 Å². The van der Waals surface area contributed by atoms with Crippen LogP contribution in [0.3, 0.4) is 0 Å². The molecule has 0 unspecified atom stereocenters. The van der Waals surface area contributed by atoms with Gasteiger partial charge < -0.3 is 9.64 Å². The number of ether oxygens (including phenoxy) is 1. The van der Waals surface area contributed by atoms with E-state index in [9.17, 15) is 4.79 Å². The normalized spacial score (nSPS) is 10.4. The van der Waals surface area contributed by atoms with Crippen LogP contribution in [0.25, 0.3) is 5.82 Å². The van der Waals surface area contributed by atoms with Crippen molar-refractivity contribution in [2.45, 2.75) is 20.8 Å². The summed E-state index contributed by atoms with van der Waals surface area (Å²) < 4.78 is 7.10. The highest BCUT2D eigenvalue weighted by Gasteiger charge is 2.22. The number of nitrogens with one attached hydrogen (secondary N) is 1. The molecule has 3 aromatic rings. The van der Waals surface area contributed by atoms with Gasteiger partial charge in [0.2, 0.25) is 5.88 Å². The number of nitriles is 1. The van der Waals surface area contributed by atoms with Crippen molar-refractivity contribution in [3.8, 4) is 17.8 Å². The van der Waals surface area contributed by atoms with Crippen LogP contribution in [0.1, 0.15) is 34.1 Å². The van der Waals surface area contributed by atoms with Crippen LogP contribution in [0.4, 0.5) is 5.69 Å². The Balaban J connectivity index is 2.03. The second-order valence-corrected chi connectivity index (χ2v) is 6.53. The molecule has 9 heteroatoms. The lowest BCUT2D eigenvalue weighted by molar-refractivity contribution is 0.0992. The van der Waals surface area contributed by atoms with Gasteiger partial charge in [0.15, 0.2) is 5.82 Å². The van der Waals surface area contributed by atoms with Gasteiger partial charge in [-0.2, -0.15) is 15.3 Å². The molecule has 0 spiro atoms. The fourth-order valence-electron chi connectivity index (χ4n) is 2.97. The summed E-state index contributed by atoms with van der Waals surface area (Å²) in [6, 6.07) is 7.04. The molecule has 0 aliphatic carbocycles. The number of pyridine rings is 2. The summed E-state index contributed by atoms with van der Waals surface area (Å²) in [4.78, 5) is 23.0. The van der Waals surface area contributed by atoms with E-state index >= 15 is 0 Å². The van der Waals surface area contributed by atoms with Crippen molar-refractivity contribution in [2.75, 3.05) is 18.6 Å². The Morgan fingerprint density at radius 3 is 2.73 bits per heavy atom. The number of anilines is 1. The number of rotatable bonds is 6. The lowest BCUT2D eigenvalue weighted by Crippen LogP contribution is -2.26. The summed E-state index contributed by atoms with van der Waals surface area (Å²) in [5, 5.41) is 21.3. The molecule has 3 heterocycles. The number of carbonyl (C=O) groups excluding carboxylic acids is 1. The van der Waals surface area contributed by atoms with Gasteiger partial charge in [-0.3, -0.25) is 15.2 Å². The zero-order valence-corrected chi connectivity index (χ0v) is 17.2. The third-order valence-corrected chi connectivity index (χ3v) is 4.59. The smallest absolute Gasteiger partial charge is 0.261 e. The van der Waals surface area contributed by atoms with Crippen LogP contribution < -0.4 is 9.64 Å². The molecule has 9 nitrogen and oxygen atoms in total. The number of aryl methyl sites for hydroxylation is 1. The molecule has 3 aromatic heterocycles. The van der Waals surface area contributed by atoms with E-state index in [0.29, 0.717) is 40.5 Å². The monoisotopic (exact) mass is 403 g/mol. The Morgan fingerprint density at radius 1 is 1.33 bits per heavy atom. The molecule has 1 N–H and O–H groups in total. The average molecular weight is 403 g/mol. The van der Waals surface area contributed by atoms with Gasteiger partial charge in [-0.1, -0.05) is 0 Å². The van der Waals surface area contributed by atoms with E-state index in [4.69, 9.17) is 15.4 Å². The van der Waals surface area contributed by atoms with Gasteiger partial charge in [0.1, 0.15) is 11.8 Å². The Hall–Kier alpha value is -4.06. The van der Waals surface area contributed by atoms with Gasteiger partial charge in [0.05, 0.1) is 41.5 Å². The topological polar surface area (TPSA) is 121 Å². The first-order valence-corrected chi connectivity index (χ1v) is 9.25. The Bertz CT molecular complexity index is 1150. The van der Waals surface area contributed by atoms with Gasteiger partial charge in [-0.25, -0.2) is 4.68 Å². The molecule has 30 heavy (non-hydrogen) atoms. The first kappa shape index (κ1) is 20.7. The van der Waals surface area contributed by atoms with Crippen LogP contribution in [-0.2, 0) is 0 Å². The molecule has 0 radical (unpaired) electrons. The van der Waals surface area contributed by atoms with E-state index in [0.717, 1.165) is 0 Å². The summed E-state index contributed by atoms with van der Waals surface area (Å²) in [7, 11) is 1.68. The molecule has 0 saturated carbocycles. The third kappa shape index (κ3) is 3.75. The van der Waals surface area contributed by atoms with Crippen LogP contribution in [0, 0.1) is 30.6 Å². The predicted molar refractivity (Wildman–Crippen MR) is 111 cm³/mol. The lowest BCUT2D eigenvalue weighted by Gasteiger charge is -2.17. The second kappa shape index (κ2) is 8.53. The summed E-state index contributed by atoms with van der Waals surface area (Å²) in [5.41, 5.74) is 2.48. The highest BCUT2D eigenvalue weighted by molar-refractivity contribution is 6.11. The SMILES string of the molecule is CCOc1nc(-n2ncc(C(=O)N(C)c3cccnc3)c2C)c(C)cc1C(=N)C#N. The molecule has 0 saturated heterocycles. The Kier molecular flexibility index (Phi) is 5.88. The summed E-state index contributed by atoms with van der Waals surface area (Å²) in [6.07, 6.45) is 4.75. The fourth-order valence-corrected chi connectivity index (χ4v) is 2.97. The van der Waals surface area contributed by atoms with Crippen molar-refractivity contribution in [1.29, 1.82) is 10.7 Å². The van der Waals surface area contributed by atoms with E-state index in [1.165, 1.54) is 11.1 Å². The molecule has 0 atom stereocenters. The largest absolute Gasteiger partial charge is 0.477 e. The second-order valence-electron chi connectivity index (χ2n) is 6.53. The minimum Gasteiger partial charge on any atom is -0.477 e. The zero-order valence-electron chi connectivity index (χ0n) is 17.2. The highest BCUT2D eigenvalue weighted by Crippen LogP contribution is 2.25. The van der Waals surface area contributed by atoms with Gasteiger partial charge in [-0.05, 0) is 44.5 Å². The van der Waals surface area contributed by atoms with Crippen LogP contribution >= 0.6 is 0 Å². The van der Waals surface area contributed by atoms with E-state index < -0.39 is 0 Å². The average Bonchev–Trinajstić information content (AvgIpc) is 3.14. The minimum atomic E-state index is -0.230. The highest BCUT2D eigenvalue weighted by atomic mass is 16.5. The standard InChI is InChI=1S/C21H21N7O2/c1-5-30-20-16(18(23)10-22)9-13(2)19(26-20)28-14(3)17(12-25-28)21(29)27(4)15-7-6-8-24-11-15/h6-9,11-12,23H,5H2,1-4H3. The van der Waals surface area contributed by atoms with Gasteiger partial charge in [-0.15, -0.1) is 0 Å². The number of hydrogen-bond acceptors (Lipinski definition) is 7. The number of hydrogen-bond donors (Lipinski definition) is 1. The molecular weight excluding hydrogens is 382 g/mol. The maximum atomic E-state index is 13.0. The van der Waals surface area contributed by atoms with Crippen molar-refractivity contribution in [1.82, 2.24) is 19.7 Å². The molecule has 0 aliphatic heterocycles. The maximum absolute atomic E-state index is 13.0. The van der Waals surface area contributed by atoms with Crippen LogP contribution in [0.2, 0.25) is 0 Å². The molecule has 0 bridgehead atoms. The van der Waals surface area contributed by atoms with Gasteiger partial charge >= 0.3 is 0 Å². The summed E-state index contributed by atoms with van der Waals surface area (Å²) in [5.74, 6) is 0.422. The summed E-state index contributed by atoms with van der Waals surface area (Å²) >= 11 is 0. The lowest BCUT2D eigenvalue weighted by atomic mass is 10.1. The first-order valence-electron chi connectivity index (χ1n) is 9.25. The van der Waals surface area contributed by atoms with Crippen molar-refractivity contribution >= 4 is 17.3 Å². The molecular formula is C21H21N7O2. The van der Waals surface area contributed by atoms with Crippen molar-refractivity contribution in [2.24, 2.45) is 0 Å². The summed E-state index contributed by atoms with van der Waals surface area (Å²) in [6.45, 7) is 5.71. The molecule has 152 valence electrons. The zero-order chi connectivity index (χ0) is 21.8. The molecule has 1 amide bonds. The van der Waals surface area contributed by atoms with E-state index in [1.54, 1.807) is 63.1 Å². The first-order chi connectivity index (χ1) is 14.4. The molecule has 0 fully saturated rings. The van der Waals surface area contributed by atoms with Crippen molar-refractivity contribution < 1.29 is 9.53 Å². The van der Waals surface area contributed by atoms with Gasteiger partial charge in [0, 0.05) is 13.2 Å². The molecule has 3 rings (SSSR count). The van der Waals surface area contributed by atoms with Crippen LogP contribution in [-0.4, -0.2) is 45.0 Å². The van der Waals surface area contributed by atoms with Crippen molar-refractivity contribution in [3.63, 3.8) is 0 Å². The van der Waals surface area contributed by atoms with Crippen LogP contribution in [0.5, 0.6) is 5.88 Å². The molecule has 0 aliphatic rings. The quantitative estimate of drug-likeness (QED) is 0.632. The number of amides is 1. The third-order valence-electron chi connectivity index (χ3n) is 4.59. The Labute approximate surface area is 174 Å². The van der Waals surface area contributed by atoms with Gasteiger partial charge in [0.25, 0.3) is 5.91 Å². The van der Waals surface area contributed by atoms with E-state index in [2.05, 4.69) is 15.1 Å². The number of nitrogens with zero attached hydrogens (tertiary/aromatic N) is 6.